The fourth-order valence-electron chi connectivity index (χ4n) is 2.72. The van der Waals surface area contributed by atoms with Gasteiger partial charge in [-0.05, 0) is 25.0 Å². The third-order valence-corrected chi connectivity index (χ3v) is 3.80. The third-order valence-electron chi connectivity index (χ3n) is 3.80. The Morgan fingerprint density at radius 2 is 1.83 bits per heavy atom. The molecular weight excluding hydrogens is 224 g/mol. The first-order chi connectivity index (χ1) is 8.74. The number of hydrogen-bond acceptors (Lipinski definition) is 2. The Kier molecular flexibility index (Phi) is 4.00. The number of rotatable bonds is 6. The maximum atomic E-state index is 12.4. The van der Waals surface area contributed by atoms with Crippen molar-refractivity contribution in [3.05, 3.63) is 24.4 Å². The number of allylic oxidation sites excluding steroid dienone is 2. The number of amides is 1. The van der Waals surface area contributed by atoms with E-state index >= 15 is 0 Å². The lowest BCUT2D eigenvalue weighted by Crippen LogP contribution is -2.49. The first-order valence-electron chi connectivity index (χ1n) is 7.02. The van der Waals surface area contributed by atoms with E-state index in [2.05, 4.69) is 23.7 Å². The summed E-state index contributed by atoms with van der Waals surface area (Å²) in [6.45, 7) is 4.33. The molecule has 0 unspecified atom stereocenters. The van der Waals surface area contributed by atoms with Crippen LogP contribution in [-0.2, 0) is 4.79 Å². The first kappa shape index (κ1) is 13.1. The molecule has 0 atom stereocenters. The maximum absolute atomic E-state index is 12.4. The molecule has 2 aliphatic heterocycles. The molecule has 1 amide bonds. The van der Waals surface area contributed by atoms with Crippen LogP contribution in [0.25, 0.3) is 0 Å². The van der Waals surface area contributed by atoms with Gasteiger partial charge in [-0.3, -0.25) is 4.79 Å². The molecule has 0 saturated carbocycles. The van der Waals surface area contributed by atoms with Crippen molar-refractivity contribution in [3.8, 4) is 0 Å². The predicted molar refractivity (Wildman–Crippen MR) is 74.3 cm³/mol. The Morgan fingerprint density at radius 1 is 1.17 bits per heavy atom. The van der Waals surface area contributed by atoms with Gasteiger partial charge in [0.15, 0.2) is 0 Å². The van der Waals surface area contributed by atoms with Gasteiger partial charge in [0.25, 0.3) is 5.91 Å². The van der Waals surface area contributed by atoms with Crippen LogP contribution in [0.2, 0.25) is 0 Å². The summed E-state index contributed by atoms with van der Waals surface area (Å²) in [6, 6.07) is 0. The minimum atomic E-state index is -0.400. The van der Waals surface area contributed by atoms with Crippen LogP contribution < -0.4 is 0 Å². The second kappa shape index (κ2) is 5.51. The van der Waals surface area contributed by atoms with Crippen molar-refractivity contribution in [1.82, 2.24) is 4.90 Å². The normalized spacial score (nSPS) is 20.2. The minimum absolute atomic E-state index is 0.0515. The van der Waals surface area contributed by atoms with Crippen LogP contribution >= 0.6 is 0 Å². The van der Waals surface area contributed by atoms with E-state index in [1.165, 1.54) is 0 Å². The molecule has 0 aromatic heterocycles. The monoisotopic (exact) mass is 246 g/mol. The highest BCUT2D eigenvalue weighted by molar-refractivity contribution is 6.12. The number of amidine groups is 1. The lowest BCUT2D eigenvalue weighted by molar-refractivity contribution is -0.125. The predicted octanol–water partition coefficient (Wildman–Crippen LogP) is 3.43. The van der Waals surface area contributed by atoms with Gasteiger partial charge in [-0.2, -0.15) is 4.99 Å². The van der Waals surface area contributed by atoms with Crippen LogP contribution in [0.1, 0.15) is 52.4 Å². The maximum Gasteiger partial charge on any atom is 0.273 e. The fourth-order valence-corrected chi connectivity index (χ4v) is 2.72. The average Bonchev–Trinajstić information content (AvgIpc) is 2.67. The van der Waals surface area contributed by atoms with Gasteiger partial charge >= 0.3 is 0 Å². The van der Waals surface area contributed by atoms with Gasteiger partial charge in [0.2, 0.25) is 0 Å². The highest BCUT2D eigenvalue weighted by atomic mass is 16.2. The summed E-state index contributed by atoms with van der Waals surface area (Å²) >= 11 is 0. The SMILES string of the molecule is CCCCC1(CCCC)C(=O)N=C2C=CC=CN21. The van der Waals surface area contributed by atoms with Crippen LogP contribution in [0.15, 0.2) is 29.4 Å². The molecule has 0 bridgehead atoms. The zero-order valence-electron chi connectivity index (χ0n) is 11.4. The number of unbranched alkanes of at least 4 members (excludes halogenated alkanes) is 2. The minimum Gasteiger partial charge on any atom is -0.318 e. The van der Waals surface area contributed by atoms with Gasteiger partial charge < -0.3 is 4.90 Å². The van der Waals surface area contributed by atoms with Crippen molar-refractivity contribution < 1.29 is 4.79 Å². The summed E-state index contributed by atoms with van der Waals surface area (Å²) in [7, 11) is 0. The summed E-state index contributed by atoms with van der Waals surface area (Å²) in [5.41, 5.74) is -0.400. The molecule has 0 radical (unpaired) electrons. The Bertz CT molecular complexity index is 399. The number of carbonyl (C=O) groups is 1. The van der Waals surface area contributed by atoms with Crippen molar-refractivity contribution in [2.45, 2.75) is 57.9 Å². The van der Waals surface area contributed by atoms with Gasteiger partial charge in [-0.15, -0.1) is 0 Å². The molecule has 0 aromatic carbocycles. The largest absolute Gasteiger partial charge is 0.318 e. The van der Waals surface area contributed by atoms with Crippen molar-refractivity contribution >= 4 is 11.7 Å². The Morgan fingerprint density at radius 3 is 2.44 bits per heavy atom. The van der Waals surface area contributed by atoms with Crippen LogP contribution in [0, 0.1) is 0 Å². The smallest absolute Gasteiger partial charge is 0.273 e. The molecule has 0 fully saturated rings. The van der Waals surface area contributed by atoms with E-state index in [9.17, 15) is 4.79 Å². The van der Waals surface area contributed by atoms with Gasteiger partial charge in [0.05, 0.1) is 0 Å². The fraction of sp³-hybridized carbons (Fsp3) is 0.600. The second-order valence-corrected chi connectivity index (χ2v) is 5.08. The lowest BCUT2D eigenvalue weighted by Gasteiger charge is -2.36. The number of hydrogen-bond donors (Lipinski definition) is 0. The number of nitrogens with zero attached hydrogens (tertiary/aromatic N) is 2. The van der Waals surface area contributed by atoms with Crippen molar-refractivity contribution in [1.29, 1.82) is 0 Å². The Balaban J connectivity index is 2.25. The molecule has 0 aromatic rings. The standard InChI is InChI=1S/C15H22N2O/c1-3-5-10-15(11-6-4-2)14(18)16-13-9-7-8-12-17(13)15/h7-9,12H,3-6,10-11H2,1-2H3. The second-order valence-electron chi connectivity index (χ2n) is 5.08. The van der Waals surface area contributed by atoms with E-state index < -0.39 is 5.54 Å². The van der Waals surface area contributed by atoms with E-state index in [1.807, 2.05) is 24.4 Å². The molecule has 2 heterocycles. The van der Waals surface area contributed by atoms with E-state index in [4.69, 9.17) is 0 Å². The van der Waals surface area contributed by atoms with Gasteiger partial charge in [-0.1, -0.05) is 45.6 Å². The summed E-state index contributed by atoms with van der Waals surface area (Å²) in [5, 5.41) is 0. The Hall–Kier alpha value is -1.38. The lowest BCUT2D eigenvalue weighted by atomic mass is 9.85. The van der Waals surface area contributed by atoms with Crippen molar-refractivity contribution in [2.24, 2.45) is 4.99 Å². The zero-order valence-corrected chi connectivity index (χ0v) is 11.4. The van der Waals surface area contributed by atoms with Gasteiger partial charge in [0, 0.05) is 6.20 Å². The summed E-state index contributed by atoms with van der Waals surface area (Å²) in [6.07, 6.45) is 14.1. The summed E-state index contributed by atoms with van der Waals surface area (Å²) < 4.78 is 0. The molecule has 2 aliphatic rings. The van der Waals surface area contributed by atoms with E-state index in [0.29, 0.717) is 0 Å². The van der Waals surface area contributed by atoms with Crippen molar-refractivity contribution in [3.63, 3.8) is 0 Å². The molecular formula is C15H22N2O. The highest BCUT2D eigenvalue weighted by Crippen LogP contribution is 2.36. The van der Waals surface area contributed by atoms with Crippen LogP contribution in [-0.4, -0.2) is 22.2 Å². The average molecular weight is 246 g/mol. The van der Waals surface area contributed by atoms with Crippen LogP contribution in [0.5, 0.6) is 0 Å². The first-order valence-corrected chi connectivity index (χ1v) is 7.02. The Labute approximate surface area is 109 Å². The molecule has 2 rings (SSSR count). The van der Waals surface area contributed by atoms with Gasteiger partial charge in [-0.25, -0.2) is 0 Å². The van der Waals surface area contributed by atoms with Crippen molar-refractivity contribution in [2.75, 3.05) is 0 Å². The van der Waals surface area contributed by atoms with Gasteiger partial charge in [0.1, 0.15) is 11.4 Å². The molecule has 0 saturated heterocycles. The van der Waals surface area contributed by atoms with E-state index in [0.717, 1.165) is 44.4 Å². The number of carbonyl (C=O) groups excluding carboxylic acids is 1. The van der Waals surface area contributed by atoms with E-state index in [-0.39, 0.29) is 5.91 Å². The van der Waals surface area contributed by atoms with E-state index in [1.54, 1.807) is 0 Å². The molecule has 3 heteroatoms. The zero-order chi connectivity index (χ0) is 13.0. The molecule has 98 valence electrons. The topological polar surface area (TPSA) is 32.7 Å². The third kappa shape index (κ3) is 2.14. The molecule has 0 N–H and O–H groups in total. The van der Waals surface area contributed by atoms with Crippen LogP contribution in [0.4, 0.5) is 0 Å². The molecule has 3 nitrogen and oxygen atoms in total. The summed E-state index contributed by atoms with van der Waals surface area (Å²) in [4.78, 5) is 18.7. The van der Waals surface area contributed by atoms with Crippen LogP contribution in [0.3, 0.4) is 0 Å². The number of fused-ring (bicyclic) bond motifs is 1. The highest BCUT2D eigenvalue weighted by Gasteiger charge is 2.47. The quantitative estimate of drug-likeness (QED) is 0.719. The number of aliphatic imine (C=N–C) groups is 1. The molecule has 0 spiro atoms. The molecule has 18 heavy (non-hydrogen) atoms. The molecule has 0 aliphatic carbocycles. The summed E-state index contributed by atoms with van der Waals surface area (Å²) in [5.74, 6) is 0.866.